The maximum atomic E-state index is 13.0. The van der Waals surface area contributed by atoms with Crippen LogP contribution in [0.1, 0.15) is 17.5 Å². The van der Waals surface area contributed by atoms with E-state index in [2.05, 4.69) is 15.9 Å². The second-order valence-corrected chi connectivity index (χ2v) is 5.99. The van der Waals surface area contributed by atoms with Crippen LogP contribution < -0.4 is 10.5 Å². The highest BCUT2D eigenvalue weighted by Crippen LogP contribution is 2.26. The number of nitrogens with two attached hydrogens (primary N) is 1. The van der Waals surface area contributed by atoms with E-state index in [4.69, 9.17) is 22.1 Å². The van der Waals surface area contributed by atoms with Crippen LogP contribution in [0.4, 0.5) is 4.39 Å². The van der Waals surface area contributed by atoms with E-state index in [-0.39, 0.29) is 5.82 Å². The minimum atomic E-state index is -0.351. The van der Waals surface area contributed by atoms with Crippen LogP contribution in [0.25, 0.3) is 0 Å². The third kappa shape index (κ3) is 4.70. The van der Waals surface area contributed by atoms with Crippen molar-refractivity contribution in [2.75, 3.05) is 6.54 Å². The molecular formula is C16H16BrClFNO. The van der Waals surface area contributed by atoms with Crippen molar-refractivity contribution in [2.45, 2.75) is 19.4 Å². The molecule has 0 aliphatic heterocycles. The lowest BCUT2D eigenvalue weighted by molar-refractivity contribution is 0.302. The Balaban J connectivity index is 2.11. The Bertz CT molecular complexity index is 621. The van der Waals surface area contributed by atoms with Crippen molar-refractivity contribution >= 4 is 27.5 Å². The molecule has 0 unspecified atom stereocenters. The molecule has 0 heterocycles. The highest BCUT2D eigenvalue weighted by Gasteiger charge is 2.07. The Kier molecular flexibility index (Phi) is 6.03. The van der Waals surface area contributed by atoms with Crippen LogP contribution in [-0.4, -0.2) is 6.54 Å². The highest BCUT2D eigenvalue weighted by molar-refractivity contribution is 9.10. The largest absolute Gasteiger partial charge is 0.489 e. The first kappa shape index (κ1) is 16.3. The number of rotatable bonds is 6. The van der Waals surface area contributed by atoms with E-state index in [9.17, 15) is 4.39 Å². The van der Waals surface area contributed by atoms with Crippen LogP contribution in [0.5, 0.6) is 5.75 Å². The van der Waals surface area contributed by atoms with Gasteiger partial charge < -0.3 is 10.5 Å². The van der Waals surface area contributed by atoms with Crippen LogP contribution in [0.3, 0.4) is 0 Å². The zero-order chi connectivity index (χ0) is 15.2. The number of hydrogen-bond donors (Lipinski definition) is 1. The third-order valence-corrected chi connectivity index (χ3v) is 3.92. The predicted molar refractivity (Wildman–Crippen MR) is 87.3 cm³/mol. The molecule has 0 amide bonds. The van der Waals surface area contributed by atoms with Gasteiger partial charge in [0.25, 0.3) is 0 Å². The molecule has 112 valence electrons. The van der Waals surface area contributed by atoms with Crippen LogP contribution in [-0.2, 0) is 13.0 Å². The van der Waals surface area contributed by atoms with Crippen LogP contribution in [0.15, 0.2) is 40.9 Å². The molecule has 5 heteroatoms. The van der Waals surface area contributed by atoms with Crippen molar-refractivity contribution in [2.24, 2.45) is 5.73 Å². The fourth-order valence-corrected chi connectivity index (χ4v) is 2.60. The fourth-order valence-electron chi connectivity index (χ4n) is 1.97. The van der Waals surface area contributed by atoms with E-state index in [0.717, 1.165) is 34.2 Å². The van der Waals surface area contributed by atoms with Gasteiger partial charge in [-0.2, -0.15) is 0 Å². The van der Waals surface area contributed by atoms with Gasteiger partial charge in [-0.3, -0.25) is 0 Å². The summed E-state index contributed by atoms with van der Waals surface area (Å²) >= 11 is 9.45. The molecule has 0 aliphatic rings. The van der Waals surface area contributed by atoms with E-state index in [1.807, 2.05) is 18.2 Å². The van der Waals surface area contributed by atoms with E-state index in [1.54, 1.807) is 6.07 Å². The van der Waals surface area contributed by atoms with Crippen molar-refractivity contribution in [1.29, 1.82) is 0 Å². The van der Waals surface area contributed by atoms with Gasteiger partial charge in [-0.05, 0) is 55.3 Å². The Hall–Kier alpha value is -1.10. The Labute approximate surface area is 137 Å². The smallest absolute Gasteiger partial charge is 0.124 e. The summed E-state index contributed by atoms with van der Waals surface area (Å²) in [7, 11) is 0. The summed E-state index contributed by atoms with van der Waals surface area (Å²) in [6, 6.07) is 10.2. The van der Waals surface area contributed by atoms with Gasteiger partial charge in [0.15, 0.2) is 0 Å². The zero-order valence-electron chi connectivity index (χ0n) is 11.4. The average Bonchev–Trinajstić information content (AvgIpc) is 2.45. The molecule has 0 atom stereocenters. The standard InChI is InChI=1S/C16H16BrClFNO/c17-13-4-6-16(11(8-13)2-1-7-20)21-10-12-3-5-14(19)9-15(12)18/h3-6,8-9H,1-2,7,10,20H2. The molecule has 2 rings (SSSR count). The molecule has 0 saturated heterocycles. The summed E-state index contributed by atoms with van der Waals surface area (Å²) in [5.74, 6) is 0.447. The van der Waals surface area contributed by atoms with Gasteiger partial charge in [0, 0.05) is 10.0 Å². The fraction of sp³-hybridized carbons (Fsp3) is 0.250. The first-order valence-corrected chi connectivity index (χ1v) is 7.82. The van der Waals surface area contributed by atoms with Crippen molar-refractivity contribution in [3.8, 4) is 5.75 Å². The van der Waals surface area contributed by atoms with Crippen molar-refractivity contribution in [3.05, 3.63) is 62.8 Å². The Morgan fingerprint density at radius 1 is 1.14 bits per heavy atom. The van der Waals surface area contributed by atoms with Crippen molar-refractivity contribution < 1.29 is 9.13 Å². The van der Waals surface area contributed by atoms with E-state index in [1.165, 1.54) is 12.1 Å². The van der Waals surface area contributed by atoms with E-state index >= 15 is 0 Å². The van der Waals surface area contributed by atoms with Crippen LogP contribution in [0.2, 0.25) is 5.02 Å². The van der Waals surface area contributed by atoms with E-state index in [0.29, 0.717) is 18.2 Å². The summed E-state index contributed by atoms with van der Waals surface area (Å²) in [6.45, 7) is 0.937. The lowest BCUT2D eigenvalue weighted by Crippen LogP contribution is -2.03. The monoisotopic (exact) mass is 371 g/mol. The first-order valence-electron chi connectivity index (χ1n) is 6.65. The lowest BCUT2D eigenvalue weighted by Gasteiger charge is -2.13. The molecule has 0 aromatic heterocycles. The number of ether oxygens (including phenoxy) is 1. The Morgan fingerprint density at radius 2 is 1.95 bits per heavy atom. The molecule has 2 N–H and O–H groups in total. The summed E-state index contributed by atoms with van der Waals surface area (Å²) in [5.41, 5.74) is 7.40. The Morgan fingerprint density at radius 3 is 2.67 bits per heavy atom. The maximum Gasteiger partial charge on any atom is 0.124 e. The predicted octanol–water partition coefficient (Wildman–Crippen LogP) is 4.71. The van der Waals surface area contributed by atoms with Gasteiger partial charge in [0.05, 0.1) is 5.02 Å². The second kappa shape index (κ2) is 7.78. The number of aryl methyl sites for hydroxylation is 1. The molecule has 2 nitrogen and oxygen atoms in total. The average molecular weight is 373 g/mol. The molecule has 0 saturated carbocycles. The molecule has 0 bridgehead atoms. The van der Waals surface area contributed by atoms with Gasteiger partial charge in [-0.15, -0.1) is 0 Å². The molecule has 0 spiro atoms. The third-order valence-electron chi connectivity index (χ3n) is 3.07. The van der Waals surface area contributed by atoms with Gasteiger partial charge >= 0.3 is 0 Å². The molecule has 2 aromatic rings. The highest BCUT2D eigenvalue weighted by atomic mass is 79.9. The van der Waals surface area contributed by atoms with Crippen LogP contribution in [0, 0.1) is 5.82 Å². The summed E-state index contributed by atoms with van der Waals surface area (Å²) in [5, 5.41) is 0.371. The van der Waals surface area contributed by atoms with Gasteiger partial charge in [0.2, 0.25) is 0 Å². The molecule has 0 fully saturated rings. The minimum Gasteiger partial charge on any atom is -0.489 e. The summed E-state index contributed by atoms with van der Waals surface area (Å²) in [4.78, 5) is 0. The zero-order valence-corrected chi connectivity index (χ0v) is 13.8. The SMILES string of the molecule is NCCCc1cc(Br)ccc1OCc1ccc(F)cc1Cl. The number of hydrogen-bond acceptors (Lipinski definition) is 2. The van der Waals surface area contributed by atoms with Gasteiger partial charge in [0.1, 0.15) is 18.2 Å². The minimum absolute atomic E-state index is 0.302. The summed E-state index contributed by atoms with van der Waals surface area (Å²) < 4.78 is 19.8. The van der Waals surface area contributed by atoms with Gasteiger partial charge in [-0.25, -0.2) is 4.39 Å². The molecule has 21 heavy (non-hydrogen) atoms. The van der Waals surface area contributed by atoms with Crippen LogP contribution >= 0.6 is 27.5 Å². The normalized spacial score (nSPS) is 10.7. The number of halogens is 3. The second-order valence-electron chi connectivity index (χ2n) is 4.67. The van der Waals surface area contributed by atoms with Crippen molar-refractivity contribution in [1.82, 2.24) is 0 Å². The van der Waals surface area contributed by atoms with Crippen molar-refractivity contribution in [3.63, 3.8) is 0 Å². The number of benzene rings is 2. The van der Waals surface area contributed by atoms with Gasteiger partial charge in [-0.1, -0.05) is 33.6 Å². The molecular weight excluding hydrogens is 357 g/mol. The molecule has 0 radical (unpaired) electrons. The molecule has 0 aliphatic carbocycles. The topological polar surface area (TPSA) is 35.2 Å². The van der Waals surface area contributed by atoms with E-state index < -0.39 is 0 Å². The maximum absolute atomic E-state index is 13.0. The quantitative estimate of drug-likeness (QED) is 0.797. The first-order chi connectivity index (χ1) is 10.1. The molecule has 2 aromatic carbocycles. The lowest BCUT2D eigenvalue weighted by atomic mass is 10.1. The summed E-state index contributed by atoms with van der Waals surface area (Å²) in [6.07, 6.45) is 1.74.